The van der Waals surface area contributed by atoms with Crippen molar-refractivity contribution < 1.29 is 19.8 Å². The highest BCUT2D eigenvalue weighted by Crippen LogP contribution is 2.39. The van der Waals surface area contributed by atoms with E-state index >= 15 is 0 Å². The van der Waals surface area contributed by atoms with E-state index < -0.39 is 5.69 Å². The van der Waals surface area contributed by atoms with Gasteiger partial charge in [-0.1, -0.05) is 68.8 Å². The van der Waals surface area contributed by atoms with Gasteiger partial charge in [-0.2, -0.15) is 15.3 Å². The second-order valence-electron chi connectivity index (χ2n) is 19.0. The molecule has 2 saturated heterocycles. The zero-order valence-corrected chi connectivity index (χ0v) is 41.3. The first-order valence-corrected chi connectivity index (χ1v) is 25.1. The predicted octanol–water partition coefficient (Wildman–Crippen LogP) is 7.09. The van der Waals surface area contributed by atoms with Crippen LogP contribution in [0.15, 0.2) is 77.6 Å². The van der Waals surface area contributed by atoms with Crippen LogP contribution in [0, 0.1) is 17.2 Å². The lowest BCUT2D eigenvalue weighted by molar-refractivity contribution is -0.133. The van der Waals surface area contributed by atoms with Gasteiger partial charge in [-0.15, -0.1) is 0 Å². The molecule has 4 aromatic carbocycles. The fourth-order valence-corrected chi connectivity index (χ4v) is 10.6. The Morgan fingerprint density at radius 3 is 2.46 bits per heavy atom. The zero-order valence-electron chi connectivity index (χ0n) is 40.5. The summed E-state index contributed by atoms with van der Waals surface area (Å²) in [5.74, 6) is 1.41. The number of aromatic hydroxyl groups is 2. The summed E-state index contributed by atoms with van der Waals surface area (Å²) in [5.41, 5.74) is 5.23. The van der Waals surface area contributed by atoms with Gasteiger partial charge in [0.2, 0.25) is 17.8 Å². The molecule has 0 radical (unpaired) electrons. The number of halogens is 1. The van der Waals surface area contributed by atoms with E-state index in [1.807, 2.05) is 62.1 Å². The van der Waals surface area contributed by atoms with Crippen molar-refractivity contribution in [3.05, 3.63) is 111 Å². The molecule has 71 heavy (non-hydrogen) atoms. The minimum absolute atomic E-state index is 0.0117. The van der Waals surface area contributed by atoms with Gasteiger partial charge in [-0.05, 0) is 91.5 Å². The normalized spacial score (nSPS) is 16.6. The Morgan fingerprint density at radius 1 is 0.944 bits per heavy atom. The molecule has 5 N–H and O–H groups in total. The van der Waals surface area contributed by atoms with Gasteiger partial charge in [0, 0.05) is 80.9 Å². The van der Waals surface area contributed by atoms with E-state index in [2.05, 4.69) is 65.9 Å². The highest BCUT2D eigenvalue weighted by molar-refractivity contribution is 6.36. The number of likely N-dealkylation sites (tertiary alicyclic amines) is 1. The number of phenolic OH excluding ortho intramolecular Hbond substituents is 2. The Kier molecular flexibility index (Phi) is 14.8. The average molecular weight is 982 g/mol. The van der Waals surface area contributed by atoms with E-state index in [4.69, 9.17) is 21.6 Å². The number of fused-ring (bicyclic) bond motifs is 2. The third kappa shape index (κ3) is 10.5. The number of rotatable bonds is 15. The Hall–Kier alpha value is -7.16. The number of nitrogens with one attached hydrogen (secondary N) is 3. The van der Waals surface area contributed by atoms with Crippen LogP contribution in [0.4, 0.5) is 17.5 Å². The quantitative estimate of drug-likeness (QED) is 0.0652. The molecule has 6 aromatic rings. The number of hydrogen-bond acceptors (Lipinski definition) is 13. The molecule has 5 heterocycles. The number of nitriles is 1. The summed E-state index contributed by atoms with van der Waals surface area (Å²) >= 11 is 6.78. The SMILES string of the molecule is CCC(=O)N1CCN(c2nc(NCCCNC(=O)C3CCN(Cc4ccc(-n5c(-c6cc(C(C)C)c(O)cc6O)n[nH]c5=O)cc4)CC3)nc3c2CCN(c2cccc4cccc(Cl)c24)C3)CC1CC#N. The van der Waals surface area contributed by atoms with Crippen LogP contribution in [0.25, 0.3) is 27.8 Å². The van der Waals surface area contributed by atoms with E-state index in [0.29, 0.717) is 92.9 Å². The lowest BCUT2D eigenvalue weighted by Crippen LogP contribution is -2.55. The van der Waals surface area contributed by atoms with E-state index in [1.54, 1.807) is 6.07 Å². The molecule has 2 amide bonds. The maximum Gasteiger partial charge on any atom is 0.348 e. The lowest BCUT2D eigenvalue weighted by atomic mass is 9.95. The van der Waals surface area contributed by atoms with Gasteiger partial charge in [0.1, 0.15) is 17.3 Å². The molecule has 9 rings (SSSR count). The van der Waals surface area contributed by atoms with Crippen molar-refractivity contribution in [3.8, 4) is 34.6 Å². The molecule has 18 heteroatoms. The van der Waals surface area contributed by atoms with Gasteiger partial charge in [-0.3, -0.25) is 14.5 Å². The summed E-state index contributed by atoms with van der Waals surface area (Å²) < 4.78 is 1.41. The second kappa shape index (κ2) is 21.5. The number of aromatic nitrogens is 5. The van der Waals surface area contributed by atoms with Gasteiger partial charge in [-0.25, -0.2) is 19.4 Å². The van der Waals surface area contributed by atoms with E-state index in [1.165, 1.54) is 10.6 Å². The molecular formula is C53H61ClN12O5. The fraction of sp³-hybridized carbons (Fsp3) is 0.415. The van der Waals surface area contributed by atoms with E-state index in [-0.39, 0.29) is 53.4 Å². The number of phenols is 2. The number of anilines is 3. The third-order valence-electron chi connectivity index (χ3n) is 14.1. The molecule has 3 aliphatic heterocycles. The first-order valence-electron chi connectivity index (χ1n) is 24.7. The molecule has 17 nitrogen and oxygen atoms in total. The molecule has 0 spiro atoms. The van der Waals surface area contributed by atoms with Crippen LogP contribution >= 0.6 is 11.6 Å². The molecule has 2 aromatic heterocycles. The number of piperidine rings is 1. The number of carbonyl (C=O) groups is 2. The smallest absolute Gasteiger partial charge is 0.348 e. The Labute approximate surface area is 418 Å². The highest BCUT2D eigenvalue weighted by Gasteiger charge is 2.34. The molecule has 370 valence electrons. The number of amides is 2. The van der Waals surface area contributed by atoms with Crippen LogP contribution < -0.4 is 26.1 Å². The topological polar surface area (TPSA) is 212 Å². The number of H-pyrrole nitrogens is 1. The number of aromatic amines is 1. The predicted molar refractivity (Wildman–Crippen MR) is 275 cm³/mol. The molecule has 0 bridgehead atoms. The first-order chi connectivity index (χ1) is 34.4. The number of hydrogen-bond donors (Lipinski definition) is 5. The highest BCUT2D eigenvalue weighted by atomic mass is 35.5. The molecule has 3 aliphatic rings. The Balaban J connectivity index is 0.797. The third-order valence-corrected chi connectivity index (χ3v) is 14.4. The minimum atomic E-state index is -0.447. The summed E-state index contributed by atoms with van der Waals surface area (Å²) in [4.78, 5) is 58.1. The molecular weight excluding hydrogens is 920 g/mol. The summed E-state index contributed by atoms with van der Waals surface area (Å²) in [6, 6.07) is 24.9. The van der Waals surface area contributed by atoms with E-state index in [9.17, 15) is 29.9 Å². The van der Waals surface area contributed by atoms with Gasteiger partial charge >= 0.3 is 5.69 Å². The van der Waals surface area contributed by atoms with Crippen LogP contribution in [0.2, 0.25) is 5.02 Å². The largest absolute Gasteiger partial charge is 0.508 e. The van der Waals surface area contributed by atoms with Crippen LogP contribution in [-0.4, -0.2) is 115 Å². The monoisotopic (exact) mass is 980 g/mol. The van der Waals surface area contributed by atoms with Crippen LogP contribution in [-0.2, 0) is 29.1 Å². The first kappa shape index (κ1) is 48.8. The Morgan fingerprint density at radius 2 is 1.72 bits per heavy atom. The van der Waals surface area contributed by atoms with Gasteiger partial charge in [0.25, 0.3) is 0 Å². The number of piperazine rings is 1. The Bertz CT molecular complexity index is 3010. The molecule has 2 fully saturated rings. The zero-order chi connectivity index (χ0) is 49.8. The van der Waals surface area contributed by atoms with Crippen LogP contribution in [0.5, 0.6) is 11.5 Å². The fourth-order valence-electron chi connectivity index (χ4n) is 10.3. The van der Waals surface area contributed by atoms with Gasteiger partial charge in [0.05, 0.1) is 47.0 Å². The van der Waals surface area contributed by atoms with Crippen molar-refractivity contribution in [1.82, 2.24) is 39.8 Å². The minimum Gasteiger partial charge on any atom is -0.508 e. The number of nitrogens with zero attached hydrogens (tertiary/aromatic N) is 9. The summed E-state index contributed by atoms with van der Waals surface area (Å²) in [5, 5.41) is 46.9. The van der Waals surface area contributed by atoms with Gasteiger partial charge < -0.3 is 35.5 Å². The average Bonchev–Trinajstić information content (AvgIpc) is 3.76. The molecule has 1 atom stereocenters. The molecule has 0 aliphatic carbocycles. The maximum absolute atomic E-state index is 13.4. The maximum atomic E-state index is 13.4. The number of carbonyl (C=O) groups excluding carboxylic acids is 2. The van der Waals surface area contributed by atoms with Crippen molar-refractivity contribution >= 4 is 51.6 Å². The standard InChI is InChI=1S/C53H61ClN12O5/c1-4-47(69)65-27-26-64(31-38(65)16-20-55)49-39-19-25-63(44-11-6-9-35-8-5-10-42(54)48(35)44)32-43(39)58-52(59-49)57-22-7-21-56-51(70)36-17-23-62(24-18-36)30-34-12-14-37(15-13-34)66-50(60-61-53(66)71)41-28-40(33(2)3)45(67)29-46(41)68/h5-6,8-15,28-29,33,36,38,67-68H,4,7,16-19,21-27,30-32H2,1-3H3,(H,56,70)(H,61,71)(H,57,58,59). The van der Waals surface area contributed by atoms with Crippen LogP contribution in [0.1, 0.15) is 81.2 Å². The van der Waals surface area contributed by atoms with Crippen LogP contribution in [0.3, 0.4) is 0 Å². The summed E-state index contributed by atoms with van der Waals surface area (Å²) in [7, 11) is 0. The molecule has 0 saturated carbocycles. The second-order valence-corrected chi connectivity index (χ2v) is 19.5. The molecule has 1 unspecified atom stereocenters. The summed E-state index contributed by atoms with van der Waals surface area (Å²) in [6.07, 6.45) is 3.51. The van der Waals surface area contributed by atoms with Crippen molar-refractivity contribution in [2.45, 2.75) is 84.3 Å². The lowest BCUT2D eigenvalue weighted by Gasteiger charge is -2.42. The van der Waals surface area contributed by atoms with Gasteiger partial charge in [0.15, 0.2) is 5.82 Å². The van der Waals surface area contributed by atoms with E-state index in [0.717, 1.165) is 71.6 Å². The number of benzene rings is 4. The van der Waals surface area contributed by atoms with Crippen molar-refractivity contribution in [2.24, 2.45) is 5.92 Å². The van der Waals surface area contributed by atoms with Crippen molar-refractivity contribution in [3.63, 3.8) is 0 Å². The summed E-state index contributed by atoms with van der Waals surface area (Å²) in [6.45, 7) is 12.0. The van der Waals surface area contributed by atoms with Crippen molar-refractivity contribution in [1.29, 1.82) is 5.26 Å². The van der Waals surface area contributed by atoms with Crippen molar-refractivity contribution in [2.75, 3.05) is 67.5 Å².